The maximum absolute atomic E-state index is 11.4. The molecule has 1 aliphatic rings. The Morgan fingerprint density at radius 2 is 2.11 bits per heavy atom. The first-order chi connectivity index (χ1) is 13.7. The van der Waals surface area contributed by atoms with Crippen LogP contribution in [-0.4, -0.2) is 34.8 Å². The molecule has 0 amide bonds. The van der Waals surface area contributed by atoms with Crippen molar-refractivity contribution in [2.75, 3.05) is 18.4 Å². The fourth-order valence-corrected chi connectivity index (χ4v) is 3.42. The van der Waals surface area contributed by atoms with Crippen molar-refractivity contribution < 1.29 is 9.53 Å². The maximum Gasteiger partial charge on any atom is 0.228 e. The lowest BCUT2D eigenvalue weighted by atomic mass is 10.1. The van der Waals surface area contributed by atoms with Crippen LogP contribution >= 0.6 is 11.3 Å². The van der Waals surface area contributed by atoms with E-state index in [2.05, 4.69) is 25.6 Å². The van der Waals surface area contributed by atoms with Crippen molar-refractivity contribution >= 4 is 28.2 Å². The average molecular weight is 393 g/mol. The van der Waals surface area contributed by atoms with Gasteiger partial charge in [0.1, 0.15) is 5.75 Å². The average Bonchev–Trinajstić information content (AvgIpc) is 3.18. The van der Waals surface area contributed by atoms with Crippen LogP contribution in [0.4, 0.5) is 5.13 Å². The molecule has 0 unspecified atom stereocenters. The highest BCUT2D eigenvalue weighted by Gasteiger charge is 2.14. The summed E-state index contributed by atoms with van der Waals surface area (Å²) in [6.07, 6.45) is 2.72. The van der Waals surface area contributed by atoms with E-state index in [0.717, 1.165) is 41.9 Å². The second kappa shape index (κ2) is 8.18. The van der Waals surface area contributed by atoms with E-state index in [1.165, 1.54) is 18.3 Å². The van der Waals surface area contributed by atoms with Gasteiger partial charge in [-0.2, -0.15) is 0 Å². The van der Waals surface area contributed by atoms with Gasteiger partial charge in [-0.05, 0) is 49.7 Å². The zero-order valence-corrected chi connectivity index (χ0v) is 16.1. The summed E-state index contributed by atoms with van der Waals surface area (Å²) in [6.45, 7) is 3.26. The molecule has 28 heavy (non-hydrogen) atoms. The molecule has 0 atom stereocenters. The molecule has 3 heterocycles. The number of aliphatic imine (C=N–C) groups is 1. The Balaban J connectivity index is 1.54. The van der Waals surface area contributed by atoms with Crippen molar-refractivity contribution in [3.63, 3.8) is 0 Å². The maximum atomic E-state index is 11.4. The number of carbonyl (C=O) groups excluding carboxylic acids is 1. The Kier molecular flexibility index (Phi) is 5.29. The number of nitrogens with one attached hydrogen (secondary N) is 2. The second-order valence-corrected chi connectivity index (χ2v) is 7.07. The molecule has 2 N–H and O–H groups in total. The number of Topliss-reactive ketones (excluding diaryl/α,β-unsaturated/α-hetero) is 1. The molecular formula is C20H19N5O2S. The lowest BCUT2D eigenvalue weighted by Gasteiger charge is -2.14. The van der Waals surface area contributed by atoms with E-state index in [1.807, 2.05) is 17.5 Å². The summed E-state index contributed by atoms with van der Waals surface area (Å²) < 4.78 is 5.94. The van der Waals surface area contributed by atoms with Gasteiger partial charge in [0.25, 0.3) is 0 Å². The summed E-state index contributed by atoms with van der Waals surface area (Å²) in [4.78, 5) is 24.8. The molecule has 0 radical (unpaired) electrons. The third-order valence-electron chi connectivity index (χ3n) is 4.15. The number of thiazole rings is 1. The zero-order chi connectivity index (χ0) is 19.3. The van der Waals surface area contributed by atoms with Crippen molar-refractivity contribution in [1.82, 2.24) is 15.3 Å². The van der Waals surface area contributed by atoms with Crippen molar-refractivity contribution in [1.29, 1.82) is 0 Å². The number of hydrogen-bond acceptors (Lipinski definition) is 8. The molecule has 0 saturated carbocycles. The van der Waals surface area contributed by atoms with Gasteiger partial charge in [0.15, 0.2) is 16.9 Å². The number of benzene rings is 1. The van der Waals surface area contributed by atoms with Crippen LogP contribution in [0.25, 0.3) is 11.3 Å². The number of aromatic nitrogens is 2. The molecule has 2 aromatic heterocycles. The summed E-state index contributed by atoms with van der Waals surface area (Å²) in [6, 6.07) is 10.8. The molecule has 1 aliphatic heterocycles. The number of carbonyl (C=O) groups is 1. The molecule has 3 aromatic rings. The highest BCUT2D eigenvalue weighted by molar-refractivity contribution is 7.14. The van der Waals surface area contributed by atoms with E-state index in [9.17, 15) is 4.79 Å². The van der Waals surface area contributed by atoms with E-state index >= 15 is 0 Å². The van der Waals surface area contributed by atoms with E-state index in [0.29, 0.717) is 17.2 Å². The molecule has 142 valence electrons. The number of pyridine rings is 1. The third kappa shape index (κ3) is 4.17. The summed E-state index contributed by atoms with van der Waals surface area (Å²) in [5.41, 5.74) is 2.21. The molecule has 0 saturated heterocycles. The van der Waals surface area contributed by atoms with E-state index in [-0.39, 0.29) is 5.78 Å². The summed E-state index contributed by atoms with van der Waals surface area (Å²) in [7, 11) is 0. The first kappa shape index (κ1) is 18.1. The molecule has 7 nitrogen and oxygen atoms in total. The normalized spacial score (nSPS) is 13.4. The number of ketones is 1. The Labute approximate surface area is 166 Å². The predicted molar refractivity (Wildman–Crippen MR) is 110 cm³/mol. The van der Waals surface area contributed by atoms with Gasteiger partial charge in [0, 0.05) is 30.2 Å². The SMILES string of the molecule is CC(=O)c1ccc(Oc2ncccc2-c2csc(NC3=NCCCN3)n2)cc1. The van der Waals surface area contributed by atoms with Gasteiger partial charge in [-0.1, -0.05) is 0 Å². The summed E-state index contributed by atoms with van der Waals surface area (Å²) >= 11 is 1.49. The molecule has 0 spiro atoms. The predicted octanol–water partition coefficient (Wildman–Crippen LogP) is 3.96. The second-order valence-electron chi connectivity index (χ2n) is 6.21. The minimum atomic E-state index is 0.0182. The molecule has 0 bridgehead atoms. The fraction of sp³-hybridized carbons (Fsp3) is 0.200. The highest BCUT2D eigenvalue weighted by Crippen LogP contribution is 2.33. The number of hydrogen-bond donors (Lipinski definition) is 2. The fourth-order valence-electron chi connectivity index (χ4n) is 2.71. The first-order valence-corrected chi connectivity index (χ1v) is 9.82. The van der Waals surface area contributed by atoms with Crippen molar-refractivity contribution in [2.24, 2.45) is 4.99 Å². The lowest BCUT2D eigenvalue weighted by Crippen LogP contribution is -2.35. The van der Waals surface area contributed by atoms with E-state index < -0.39 is 0 Å². The number of ether oxygens (including phenoxy) is 1. The first-order valence-electron chi connectivity index (χ1n) is 8.94. The Bertz CT molecular complexity index is 1010. The molecular weight excluding hydrogens is 374 g/mol. The van der Waals surface area contributed by atoms with Gasteiger partial charge in [0.05, 0.1) is 11.3 Å². The number of nitrogens with zero attached hydrogens (tertiary/aromatic N) is 3. The minimum absolute atomic E-state index is 0.0182. The lowest BCUT2D eigenvalue weighted by molar-refractivity contribution is 0.101. The van der Waals surface area contributed by atoms with Gasteiger partial charge in [-0.3, -0.25) is 9.79 Å². The van der Waals surface area contributed by atoms with Crippen LogP contribution in [0, 0.1) is 0 Å². The van der Waals surface area contributed by atoms with Gasteiger partial charge in [-0.15, -0.1) is 11.3 Å². The van der Waals surface area contributed by atoms with Crippen LogP contribution in [0.2, 0.25) is 0 Å². The van der Waals surface area contributed by atoms with Crippen LogP contribution in [-0.2, 0) is 0 Å². The van der Waals surface area contributed by atoms with Crippen molar-refractivity contribution in [3.8, 4) is 22.9 Å². The molecule has 0 fully saturated rings. The van der Waals surface area contributed by atoms with Gasteiger partial charge < -0.3 is 15.4 Å². The standard InChI is InChI=1S/C20H19N5O2S/c1-13(26)14-5-7-15(8-6-14)27-18-16(4-2-9-21-18)17-12-28-20(24-17)25-19-22-10-3-11-23-19/h2,4-9,12H,3,10-11H2,1H3,(H2,22,23,24,25). The number of rotatable bonds is 5. The van der Waals surface area contributed by atoms with E-state index in [1.54, 1.807) is 30.5 Å². The van der Waals surface area contributed by atoms with Crippen LogP contribution in [0.1, 0.15) is 23.7 Å². The number of anilines is 1. The Morgan fingerprint density at radius 1 is 1.25 bits per heavy atom. The summed E-state index contributed by atoms with van der Waals surface area (Å²) in [5, 5.41) is 9.13. The smallest absolute Gasteiger partial charge is 0.228 e. The topological polar surface area (TPSA) is 88.5 Å². The minimum Gasteiger partial charge on any atom is -0.438 e. The quantitative estimate of drug-likeness (QED) is 0.638. The Hall–Kier alpha value is -3.26. The molecule has 8 heteroatoms. The summed E-state index contributed by atoms with van der Waals surface area (Å²) in [5.74, 6) is 1.84. The van der Waals surface area contributed by atoms with Crippen LogP contribution in [0.3, 0.4) is 0 Å². The van der Waals surface area contributed by atoms with Crippen molar-refractivity contribution in [2.45, 2.75) is 13.3 Å². The van der Waals surface area contributed by atoms with E-state index in [4.69, 9.17) is 4.74 Å². The number of guanidine groups is 1. The Morgan fingerprint density at radius 3 is 2.86 bits per heavy atom. The van der Waals surface area contributed by atoms with Crippen LogP contribution < -0.4 is 15.4 Å². The van der Waals surface area contributed by atoms with Crippen molar-refractivity contribution in [3.05, 3.63) is 53.5 Å². The third-order valence-corrected chi connectivity index (χ3v) is 4.91. The van der Waals surface area contributed by atoms with Gasteiger partial charge in [-0.25, -0.2) is 9.97 Å². The van der Waals surface area contributed by atoms with Crippen LogP contribution in [0.15, 0.2) is 53.0 Å². The van der Waals surface area contributed by atoms with Gasteiger partial charge >= 0.3 is 0 Å². The highest BCUT2D eigenvalue weighted by atomic mass is 32.1. The largest absolute Gasteiger partial charge is 0.438 e. The molecule has 0 aliphatic carbocycles. The zero-order valence-electron chi connectivity index (χ0n) is 15.3. The van der Waals surface area contributed by atoms with Crippen LogP contribution in [0.5, 0.6) is 11.6 Å². The molecule has 1 aromatic carbocycles. The van der Waals surface area contributed by atoms with Gasteiger partial charge in [0.2, 0.25) is 5.88 Å². The molecule has 4 rings (SSSR count). The monoisotopic (exact) mass is 393 g/mol.